The Kier molecular flexibility index (Phi) is 4.00. The molecule has 2 amide bonds. The van der Waals surface area contributed by atoms with E-state index < -0.39 is 0 Å². The summed E-state index contributed by atoms with van der Waals surface area (Å²) in [6.45, 7) is 2.53. The Balaban J connectivity index is 1.72. The monoisotopic (exact) mass is 301 g/mol. The third-order valence-corrected chi connectivity index (χ3v) is 3.88. The second-order valence-electron chi connectivity index (χ2n) is 5.38. The number of urea groups is 1. The summed E-state index contributed by atoms with van der Waals surface area (Å²) in [6.07, 6.45) is 1.94. The maximum atomic E-state index is 12.4. The van der Waals surface area contributed by atoms with Crippen LogP contribution in [0.25, 0.3) is 0 Å². The molecule has 3 rings (SSSR count). The van der Waals surface area contributed by atoms with Crippen LogP contribution in [0.3, 0.4) is 0 Å². The van der Waals surface area contributed by atoms with Crippen molar-refractivity contribution in [3.8, 4) is 5.75 Å². The zero-order valence-electron chi connectivity index (χ0n) is 12.7. The van der Waals surface area contributed by atoms with Crippen LogP contribution < -0.4 is 10.1 Å². The number of likely N-dealkylation sites (tertiary alicyclic amines) is 1. The van der Waals surface area contributed by atoms with E-state index in [1.807, 2.05) is 29.2 Å². The Morgan fingerprint density at radius 1 is 1.41 bits per heavy atom. The first-order valence-corrected chi connectivity index (χ1v) is 7.32. The molecular weight excluding hydrogens is 282 g/mol. The van der Waals surface area contributed by atoms with Gasteiger partial charge in [0.25, 0.3) is 0 Å². The highest BCUT2D eigenvalue weighted by Gasteiger charge is 2.30. The molecule has 1 saturated heterocycles. The lowest BCUT2D eigenvalue weighted by atomic mass is 10.0. The number of amides is 2. The standard InChI is InChI=1S/C16H19N3O3/c1-11-10-15(18-22-11)17-16(20)19-9-3-4-14(19)12-5-7-13(21-2)8-6-12/h5-8,10,14H,3-4,9H2,1-2H3,(H,17,18,20). The lowest BCUT2D eigenvalue weighted by Crippen LogP contribution is -2.34. The van der Waals surface area contributed by atoms with E-state index in [4.69, 9.17) is 9.26 Å². The molecule has 0 bridgehead atoms. The van der Waals surface area contributed by atoms with Crippen molar-refractivity contribution in [3.05, 3.63) is 41.7 Å². The van der Waals surface area contributed by atoms with E-state index in [0.29, 0.717) is 11.6 Å². The SMILES string of the molecule is COc1ccc(C2CCCN2C(=O)Nc2cc(C)on2)cc1. The highest BCUT2D eigenvalue weighted by molar-refractivity contribution is 5.88. The van der Waals surface area contributed by atoms with Crippen LogP contribution in [0.1, 0.15) is 30.2 Å². The third-order valence-electron chi connectivity index (χ3n) is 3.88. The van der Waals surface area contributed by atoms with Crippen LogP contribution in [0.5, 0.6) is 5.75 Å². The number of nitrogens with zero attached hydrogens (tertiary/aromatic N) is 2. The largest absolute Gasteiger partial charge is 0.497 e. The number of carbonyl (C=O) groups is 1. The van der Waals surface area contributed by atoms with Gasteiger partial charge in [0, 0.05) is 12.6 Å². The molecule has 1 aromatic carbocycles. The maximum Gasteiger partial charge on any atom is 0.323 e. The predicted octanol–water partition coefficient (Wildman–Crippen LogP) is 3.36. The van der Waals surface area contributed by atoms with E-state index in [-0.39, 0.29) is 12.1 Å². The van der Waals surface area contributed by atoms with E-state index in [0.717, 1.165) is 30.7 Å². The molecule has 1 atom stereocenters. The van der Waals surface area contributed by atoms with Gasteiger partial charge in [0.15, 0.2) is 5.82 Å². The van der Waals surface area contributed by atoms with Crippen molar-refractivity contribution in [3.63, 3.8) is 0 Å². The minimum atomic E-state index is -0.147. The molecular formula is C16H19N3O3. The molecule has 1 aliphatic rings. The van der Waals surface area contributed by atoms with Crippen LogP contribution in [0, 0.1) is 6.92 Å². The van der Waals surface area contributed by atoms with Gasteiger partial charge in [0.2, 0.25) is 0 Å². The van der Waals surface area contributed by atoms with Crippen molar-refractivity contribution in [2.24, 2.45) is 0 Å². The number of nitrogens with one attached hydrogen (secondary N) is 1. The highest BCUT2D eigenvalue weighted by Crippen LogP contribution is 2.33. The quantitative estimate of drug-likeness (QED) is 0.944. The smallest absolute Gasteiger partial charge is 0.323 e. The molecule has 1 unspecified atom stereocenters. The average molecular weight is 301 g/mol. The number of anilines is 1. The summed E-state index contributed by atoms with van der Waals surface area (Å²) in [6, 6.07) is 9.50. The van der Waals surface area contributed by atoms with E-state index >= 15 is 0 Å². The topological polar surface area (TPSA) is 67.6 Å². The van der Waals surface area contributed by atoms with Gasteiger partial charge in [0.1, 0.15) is 11.5 Å². The number of aromatic nitrogens is 1. The zero-order valence-corrected chi connectivity index (χ0v) is 12.7. The molecule has 0 aliphatic carbocycles. The molecule has 6 heteroatoms. The third kappa shape index (κ3) is 2.90. The Morgan fingerprint density at radius 3 is 2.82 bits per heavy atom. The minimum absolute atomic E-state index is 0.0823. The molecule has 2 heterocycles. The van der Waals surface area contributed by atoms with E-state index in [1.165, 1.54) is 0 Å². The van der Waals surface area contributed by atoms with Crippen molar-refractivity contribution in [2.45, 2.75) is 25.8 Å². The molecule has 22 heavy (non-hydrogen) atoms. The lowest BCUT2D eigenvalue weighted by Gasteiger charge is -2.25. The van der Waals surface area contributed by atoms with Gasteiger partial charge in [-0.2, -0.15) is 0 Å². The first kappa shape index (κ1) is 14.4. The van der Waals surface area contributed by atoms with Crippen molar-refractivity contribution in [2.75, 3.05) is 19.0 Å². The fraction of sp³-hybridized carbons (Fsp3) is 0.375. The Morgan fingerprint density at radius 2 is 2.18 bits per heavy atom. The van der Waals surface area contributed by atoms with E-state index in [1.54, 1.807) is 20.1 Å². The molecule has 0 spiro atoms. The second kappa shape index (κ2) is 6.09. The van der Waals surface area contributed by atoms with Gasteiger partial charge in [-0.3, -0.25) is 5.32 Å². The van der Waals surface area contributed by atoms with Crippen molar-refractivity contribution in [1.82, 2.24) is 10.1 Å². The summed E-state index contributed by atoms with van der Waals surface area (Å²) in [5.41, 5.74) is 1.12. The van der Waals surface area contributed by atoms with Gasteiger partial charge in [-0.25, -0.2) is 4.79 Å². The number of benzene rings is 1. The van der Waals surface area contributed by atoms with Crippen LogP contribution in [0.15, 0.2) is 34.9 Å². The number of hydrogen-bond donors (Lipinski definition) is 1. The molecule has 1 fully saturated rings. The molecule has 6 nitrogen and oxygen atoms in total. The van der Waals surface area contributed by atoms with Gasteiger partial charge >= 0.3 is 6.03 Å². The molecule has 1 aromatic heterocycles. The lowest BCUT2D eigenvalue weighted by molar-refractivity contribution is 0.207. The first-order chi connectivity index (χ1) is 10.7. The molecule has 0 saturated carbocycles. The number of methoxy groups -OCH3 is 1. The summed E-state index contributed by atoms with van der Waals surface area (Å²) in [4.78, 5) is 14.3. The van der Waals surface area contributed by atoms with Gasteiger partial charge in [-0.05, 0) is 37.5 Å². The van der Waals surface area contributed by atoms with Gasteiger partial charge in [-0.15, -0.1) is 0 Å². The average Bonchev–Trinajstić information content (AvgIpc) is 3.16. The fourth-order valence-electron chi connectivity index (χ4n) is 2.79. The zero-order chi connectivity index (χ0) is 15.5. The Labute approximate surface area is 129 Å². The molecule has 0 radical (unpaired) electrons. The summed E-state index contributed by atoms with van der Waals surface area (Å²) in [5.74, 6) is 1.93. The number of hydrogen-bond acceptors (Lipinski definition) is 4. The minimum Gasteiger partial charge on any atom is -0.497 e. The summed E-state index contributed by atoms with van der Waals surface area (Å²) >= 11 is 0. The number of carbonyl (C=O) groups excluding carboxylic acids is 1. The Hall–Kier alpha value is -2.50. The van der Waals surface area contributed by atoms with Crippen LogP contribution in [0.2, 0.25) is 0 Å². The fourth-order valence-corrected chi connectivity index (χ4v) is 2.79. The van der Waals surface area contributed by atoms with E-state index in [2.05, 4.69) is 10.5 Å². The number of rotatable bonds is 3. The van der Waals surface area contributed by atoms with E-state index in [9.17, 15) is 4.79 Å². The first-order valence-electron chi connectivity index (χ1n) is 7.32. The normalized spacial score (nSPS) is 17.5. The van der Waals surface area contributed by atoms with Gasteiger partial charge < -0.3 is 14.2 Å². The highest BCUT2D eigenvalue weighted by atomic mass is 16.5. The van der Waals surface area contributed by atoms with Crippen LogP contribution in [-0.2, 0) is 0 Å². The summed E-state index contributed by atoms with van der Waals surface area (Å²) in [7, 11) is 1.64. The van der Waals surface area contributed by atoms with Crippen LogP contribution in [0.4, 0.5) is 10.6 Å². The maximum absolute atomic E-state index is 12.4. The van der Waals surface area contributed by atoms with Crippen molar-refractivity contribution < 1.29 is 14.1 Å². The van der Waals surface area contributed by atoms with Crippen molar-refractivity contribution in [1.29, 1.82) is 0 Å². The number of aryl methyl sites for hydroxylation is 1. The second-order valence-corrected chi connectivity index (χ2v) is 5.38. The molecule has 116 valence electrons. The predicted molar refractivity (Wildman–Crippen MR) is 81.9 cm³/mol. The van der Waals surface area contributed by atoms with Crippen LogP contribution in [-0.4, -0.2) is 29.7 Å². The molecule has 2 aromatic rings. The summed E-state index contributed by atoms with van der Waals surface area (Å²) < 4.78 is 10.1. The summed E-state index contributed by atoms with van der Waals surface area (Å²) in [5, 5.41) is 6.58. The van der Waals surface area contributed by atoms with Gasteiger partial charge in [-0.1, -0.05) is 17.3 Å². The molecule has 1 N–H and O–H groups in total. The number of ether oxygens (including phenoxy) is 1. The Bertz CT molecular complexity index is 651. The molecule has 1 aliphatic heterocycles. The van der Waals surface area contributed by atoms with Crippen LogP contribution >= 0.6 is 0 Å². The van der Waals surface area contributed by atoms with Crippen molar-refractivity contribution >= 4 is 11.8 Å². The van der Waals surface area contributed by atoms with Gasteiger partial charge in [0.05, 0.1) is 13.2 Å².